The van der Waals surface area contributed by atoms with Crippen LogP contribution in [0.1, 0.15) is 24.2 Å². The average molecular weight is 432 g/mol. The Labute approximate surface area is 178 Å². The van der Waals surface area contributed by atoms with Crippen LogP contribution in [0.15, 0.2) is 36.4 Å². The van der Waals surface area contributed by atoms with Gasteiger partial charge in [0.1, 0.15) is 22.8 Å². The number of amides is 1. The first-order chi connectivity index (χ1) is 13.9. The van der Waals surface area contributed by atoms with Crippen molar-refractivity contribution in [1.29, 1.82) is 0 Å². The highest BCUT2D eigenvalue weighted by Gasteiger charge is 2.14. The van der Waals surface area contributed by atoms with E-state index in [2.05, 4.69) is 15.6 Å². The Balaban J connectivity index is 1.68. The molecule has 0 fully saturated rings. The molecule has 0 aliphatic rings. The predicted octanol–water partition coefficient (Wildman–Crippen LogP) is 4.23. The van der Waals surface area contributed by atoms with E-state index < -0.39 is 0 Å². The maximum absolute atomic E-state index is 12.4. The maximum atomic E-state index is 12.4. The third-order valence-electron chi connectivity index (χ3n) is 3.82. The monoisotopic (exact) mass is 431 g/mol. The number of carbonyl (C=O) groups excluding carboxylic acids is 1. The van der Waals surface area contributed by atoms with Crippen molar-refractivity contribution in [1.82, 2.24) is 10.3 Å². The van der Waals surface area contributed by atoms with Crippen molar-refractivity contribution in [2.75, 3.05) is 19.5 Å². The number of rotatable bonds is 6. The van der Waals surface area contributed by atoms with E-state index in [0.29, 0.717) is 33.5 Å². The predicted molar refractivity (Wildman–Crippen MR) is 119 cm³/mol. The molecule has 0 saturated carbocycles. The Morgan fingerprint density at radius 1 is 1.10 bits per heavy atom. The molecule has 2 N–H and O–H groups in total. The van der Waals surface area contributed by atoms with Crippen LogP contribution in [0.4, 0.5) is 5.13 Å². The number of thiocarbonyl (C=S) groups is 1. The van der Waals surface area contributed by atoms with E-state index in [1.165, 1.54) is 11.3 Å². The summed E-state index contributed by atoms with van der Waals surface area (Å²) >= 11 is 6.63. The summed E-state index contributed by atoms with van der Waals surface area (Å²) in [6.45, 7) is 3.89. The number of hydrogen-bond acceptors (Lipinski definition) is 7. The summed E-state index contributed by atoms with van der Waals surface area (Å²) in [5.74, 6) is 1.66. The zero-order valence-corrected chi connectivity index (χ0v) is 18.1. The van der Waals surface area contributed by atoms with Gasteiger partial charge in [-0.25, -0.2) is 4.98 Å². The molecule has 3 rings (SSSR count). The highest BCUT2D eigenvalue weighted by Crippen LogP contribution is 2.36. The molecule has 0 aliphatic heterocycles. The highest BCUT2D eigenvalue weighted by molar-refractivity contribution is 7.80. The van der Waals surface area contributed by atoms with Crippen LogP contribution in [-0.4, -0.2) is 36.3 Å². The van der Waals surface area contributed by atoms with Gasteiger partial charge in [0.25, 0.3) is 5.91 Å². The smallest absolute Gasteiger partial charge is 0.257 e. The second-order valence-corrected chi connectivity index (χ2v) is 7.73. The van der Waals surface area contributed by atoms with Gasteiger partial charge in [0.15, 0.2) is 10.2 Å². The molecular weight excluding hydrogens is 410 g/mol. The van der Waals surface area contributed by atoms with Gasteiger partial charge in [0.2, 0.25) is 0 Å². The quantitative estimate of drug-likeness (QED) is 0.565. The lowest BCUT2D eigenvalue weighted by atomic mass is 10.2. The summed E-state index contributed by atoms with van der Waals surface area (Å²) in [6.07, 6.45) is 0.0684. The second-order valence-electron chi connectivity index (χ2n) is 6.29. The molecule has 1 heterocycles. The molecule has 152 valence electrons. The SMILES string of the molecule is COc1cc(OC)c2nc(NC(=S)NC(=O)c3ccc(OC(C)C)cc3)sc2c1. The molecule has 9 heteroatoms. The van der Waals surface area contributed by atoms with Crippen LogP contribution in [0.2, 0.25) is 0 Å². The number of nitrogens with zero attached hydrogens (tertiary/aromatic N) is 1. The fourth-order valence-electron chi connectivity index (χ4n) is 2.56. The minimum absolute atomic E-state index is 0.0684. The Morgan fingerprint density at radius 3 is 2.45 bits per heavy atom. The zero-order chi connectivity index (χ0) is 21.0. The molecule has 2 aromatic carbocycles. The molecule has 1 aromatic heterocycles. The van der Waals surface area contributed by atoms with Gasteiger partial charge in [-0.3, -0.25) is 10.1 Å². The number of hydrogen-bond donors (Lipinski definition) is 2. The standard InChI is InChI=1S/C20H21N3O4S2/c1-11(2)27-13-7-5-12(6-8-13)18(24)22-19(28)23-20-21-17-15(26-4)9-14(25-3)10-16(17)29-20/h5-11H,1-4H3,(H2,21,22,23,24,28). The van der Waals surface area contributed by atoms with Gasteiger partial charge in [-0.15, -0.1) is 0 Å². The van der Waals surface area contributed by atoms with Gasteiger partial charge in [-0.05, 0) is 56.4 Å². The topological polar surface area (TPSA) is 81.7 Å². The van der Waals surface area contributed by atoms with Gasteiger partial charge in [0, 0.05) is 11.6 Å². The van der Waals surface area contributed by atoms with E-state index in [9.17, 15) is 4.79 Å². The molecule has 29 heavy (non-hydrogen) atoms. The van der Waals surface area contributed by atoms with Crippen molar-refractivity contribution in [2.24, 2.45) is 0 Å². The number of benzene rings is 2. The summed E-state index contributed by atoms with van der Waals surface area (Å²) in [6, 6.07) is 10.5. The fourth-order valence-corrected chi connectivity index (χ4v) is 3.73. The normalized spacial score (nSPS) is 10.7. The average Bonchev–Trinajstić information content (AvgIpc) is 3.09. The first-order valence-corrected chi connectivity index (χ1v) is 10.0. The molecule has 0 saturated heterocycles. The van der Waals surface area contributed by atoms with Crippen molar-refractivity contribution in [3.8, 4) is 17.2 Å². The molecule has 0 radical (unpaired) electrons. The minimum Gasteiger partial charge on any atom is -0.497 e. The first-order valence-electron chi connectivity index (χ1n) is 8.81. The summed E-state index contributed by atoms with van der Waals surface area (Å²) in [7, 11) is 3.16. The number of methoxy groups -OCH3 is 2. The van der Waals surface area contributed by atoms with E-state index in [4.69, 9.17) is 26.4 Å². The van der Waals surface area contributed by atoms with Crippen molar-refractivity contribution in [3.63, 3.8) is 0 Å². The van der Waals surface area contributed by atoms with Crippen molar-refractivity contribution in [2.45, 2.75) is 20.0 Å². The van der Waals surface area contributed by atoms with Gasteiger partial charge < -0.3 is 19.5 Å². The minimum atomic E-state index is -0.320. The van der Waals surface area contributed by atoms with Crippen molar-refractivity contribution in [3.05, 3.63) is 42.0 Å². The number of nitrogens with one attached hydrogen (secondary N) is 2. The Morgan fingerprint density at radius 2 is 1.83 bits per heavy atom. The van der Waals surface area contributed by atoms with Crippen LogP contribution in [0.5, 0.6) is 17.2 Å². The Bertz CT molecular complexity index is 1030. The zero-order valence-electron chi connectivity index (χ0n) is 16.4. The number of thiazole rings is 1. The van der Waals surface area contributed by atoms with Crippen LogP contribution in [0, 0.1) is 0 Å². The van der Waals surface area contributed by atoms with Gasteiger partial charge in [0.05, 0.1) is 25.0 Å². The largest absolute Gasteiger partial charge is 0.497 e. The van der Waals surface area contributed by atoms with E-state index in [0.717, 1.165) is 4.70 Å². The molecule has 0 spiro atoms. The number of ether oxygens (including phenoxy) is 3. The highest BCUT2D eigenvalue weighted by atomic mass is 32.1. The lowest BCUT2D eigenvalue weighted by Gasteiger charge is -2.10. The number of fused-ring (bicyclic) bond motifs is 1. The second kappa shape index (κ2) is 9.06. The van der Waals surface area contributed by atoms with E-state index in [1.54, 1.807) is 44.6 Å². The molecule has 0 unspecified atom stereocenters. The Hall–Kier alpha value is -2.91. The third kappa shape index (κ3) is 5.12. The lowest BCUT2D eigenvalue weighted by Crippen LogP contribution is -2.34. The first kappa shape index (κ1) is 20.8. The molecule has 0 atom stereocenters. The molecule has 3 aromatic rings. The summed E-state index contributed by atoms with van der Waals surface area (Å²) in [5.41, 5.74) is 1.16. The fraction of sp³-hybridized carbons (Fsp3) is 0.250. The summed E-state index contributed by atoms with van der Waals surface area (Å²) < 4.78 is 17.1. The van der Waals surface area contributed by atoms with E-state index >= 15 is 0 Å². The van der Waals surface area contributed by atoms with Crippen molar-refractivity contribution >= 4 is 49.9 Å². The van der Waals surface area contributed by atoms with E-state index in [1.807, 2.05) is 19.9 Å². The summed E-state index contributed by atoms with van der Waals surface area (Å²) in [4.78, 5) is 16.9. The van der Waals surface area contributed by atoms with Crippen LogP contribution in [-0.2, 0) is 0 Å². The third-order valence-corrected chi connectivity index (χ3v) is 4.95. The molecule has 0 aliphatic carbocycles. The molecule has 1 amide bonds. The lowest BCUT2D eigenvalue weighted by molar-refractivity contribution is 0.0977. The maximum Gasteiger partial charge on any atom is 0.257 e. The number of carbonyl (C=O) groups is 1. The molecular formula is C20H21N3O4S2. The van der Waals surface area contributed by atoms with Gasteiger partial charge in [-0.1, -0.05) is 11.3 Å². The summed E-state index contributed by atoms with van der Waals surface area (Å²) in [5, 5.41) is 6.29. The van der Waals surface area contributed by atoms with Crippen LogP contribution >= 0.6 is 23.6 Å². The molecule has 0 bridgehead atoms. The van der Waals surface area contributed by atoms with Crippen LogP contribution in [0.25, 0.3) is 10.2 Å². The molecule has 7 nitrogen and oxygen atoms in total. The van der Waals surface area contributed by atoms with Crippen LogP contribution < -0.4 is 24.8 Å². The van der Waals surface area contributed by atoms with Crippen molar-refractivity contribution < 1.29 is 19.0 Å². The van der Waals surface area contributed by atoms with Gasteiger partial charge >= 0.3 is 0 Å². The Kier molecular flexibility index (Phi) is 6.50. The van der Waals surface area contributed by atoms with Gasteiger partial charge in [-0.2, -0.15) is 0 Å². The van der Waals surface area contributed by atoms with Crippen LogP contribution in [0.3, 0.4) is 0 Å². The number of anilines is 1. The van der Waals surface area contributed by atoms with E-state index in [-0.39, 0.29) is 17.1 Å². The number of aromatic nitrogens is 1.